The van der Waals surface area contributed by atoms with Crippen molar-refractivity contribution in [1.29, 1.82) is 0 Å². The Hall–Kier alpha value is -0.360. The Balaban J connectivity index is 0.00000256. The fourth-order valence-electron chi connectivity index (χ4n) is 1.04. The zero-order valence-electron chi connectivity index (χ0n) is 7.65. The SMILES string of the molecule is Nc1cc(N)c(S(=O)(=O)O)cc1S(=O)(=O)O.[NaH]. The van der Waals surface area contributed by atoms with Crippen LogP contribution in [0.1, 0.15) is 0 Å². The first-order valence-electron chi connectivity index (χ1n) is 3.67. The number of nitrogen functional groups attached to an aromatic ring is 2. The van der Waals surface area contributed by atoms with Gasteiger partial charge in [0.2, 0.25) is 0 Å². The molecule has 11 heteroatoms. The molecular formula is C6H9N2NaO6S2. The van der Waals surface area contributed by atoms with Gasteiger partial charge in [-0.2, -0.15) is 16.8 Å². The van der Waals surface area contributed by atoms with Crippen molar-refractivity contribution in [3.63, 3.8) is 0 Å². The summed E-state index contributed by atoms with van der Waals surface area (Å²) in [6, 6.07) is 1.29. The van der Waals surface area contributed by atoms with Crippen molar-refractivity contribution in [3.8, 4) is 0 Å². The summed E-state index contributed by atoms with van der Waals surface area (Å²) in [7, 11) is -9.38. The maximum absolute atomic E-state index is 10.8. The molecule has 0 saturated heterocycles. The molecule has 0 aliphatic heterocycles. The molecule has 1 rings (SSSR count). The summed E-state index contributed by atoms with van der Waals surface area (Å²) in [5.41, 5.74) is 9.60. The van der Waals surface area contributed by atoms with E-state index in [2.05, 4.69) is 0 Å². The first kappa shape index (κ1) is 16.6. The Labute approximate surface area is 120 Å². The number of nitrogens with two attached hydrogens (primary N) is 2. The van der Waals surface area contributed by atoms with Gasteiger partial charge in [0.25, 0.3) is 20.2 Å². The van der Waals surface area contributed by atoms with Gasteiger partial charge >= 0.3 is 29.6 Å². The van der Waals surface area contributed by atoms with Crippen LogP contribution in [0, 0.1) is 0 Å². The fourth-order valence-corrected chi connectivity index (χ4v) is 2.36. The molecule has 6 N–H and O–H groups in total. The summed E-state index contributed by atoms with van der Waals surface area (Å²) in [5.74, 6) is 0. The van der Waals surface area contributed by atoms with Gasteiger partial charge in [-0.1, -0.05) is 0 Å². The molecule has 0 fully saturated rings. The van der Waals surface area contributed by atoms with Gasteiger partial charge < -0.3 is 11.5 Å². The predicted octanol–water partition coefficient (Wildman–Crippen LogP) is -1.30. The van der Waals surface area contributed by atoms with Gasteiger partial charge in [0.1, 0.15) is 9.79 Å². The van der Waals surface area contributed by atoms with E-state index in [1.54, 1.807) is 0 Å². The Morgan fingerprint density at radius 2 is 1.12 bits per heavy atom. The molecule has 0 unspecified atom stereocenters. The second-order valence-electron chi connectivity index (χ2n) is 2.88. The molecule has 1 aromatic carbocycles. The topological polar surface area (TPSA) is 161 Å². The number of hydrogen-bond acceptors (Lipinski definition) is 6. The van der Waals surface area contributed by atoms with Crippen LogP contribution in [0.15, 0.2) is 21.9 Å². The molecule has 0 atom stereocenters. The van der Waals surface area contributed by atoms with Gasteiger partial charge in [-0.15, -0.1) is 0 Å². The van der Waals surface area contributed by atoms with E-state index in [1.807, 2.05) is 0 Å². The summed E-state index contributed by atoms with van der Waals surface area (Å²) in [6.07, 6.45) is 0. The molecule has 17 heavy (non-hydrogen) atoms. The van der Waals surface area contributed by atoms with Crippen LogP contribution in [0.4, 0.5) is 11.4 Å². The molecule has 0 amide bonds. The fraction of sp³-hybridized carbons (Fsp3) is 0. The summed E-state index contributed by atoms with van der Waals surface area (Å²) in [5, 5.41) is 0. The number of benzene rings is 1. The van der Waals surface area contributed by atoms with E-state index in [4.69, 9.17) is 20.6 Å². The normalized spacial score (nSPS) is 11.9. The Morgan fingerprint density at radius 3 is 1.35 bits per heavy atom. The molecule has 1 aromatic rings. The third kappa shape index (κ3) is 3.81. The second-order valence-corrected chi connectivity index (χ2v) is 5.66. The van der Waals surface area contributed by atoms with Crippen LogP contribution < -0.4 is 11.5 Å². The standard InChI is InChI=1S/C6H8N2O6S2.Na.H/c7-3-1-4(8)6(16(12,13)14)2-5(3)15(9,10)11;;/h1-2H,7-8H2,(H,9,10,11)(H,12,13,14);;. The van der Waals surface area contributed by atoms with Crippen molar-refractivity contribution >= 4 is 61.2 Å². The van der Waals surface area contributed by atoms with Gasteiger partial charge in [-0.3, -0.25) is 9.11 Å². The third-order valence-corrected chi connectivity index (χ3v) is 3.52. The Morgan fingerprint density at radius 1 is 0.824 bits per heavy atom. The van der Waals surface area contributed by atoms with Crippen molar-refractivity contribution in [2.24, 2.45) is 0 Å². The molecule has 0 saturated carbocycles. The van der Waals surface area contributed by atoms with E-state index in [9.17, 15) is 16.8 Å². The van der Waals surface area contributed by atoms with Gasteiger partial charge in [-0.05, 0) is 12.1 Å². The van der Waals surface area contributed by atoms with Crippen molar-refractivity contribution in [1.82, 2.24) is 0 Å². The van der Waals surface area contributed by atoms with Gasteiger partial charge in [0.05, 0.1) is 11.4 Å². The molecule has 8 nitrogen and oxygen atoms in total. The average Bonchev–Trinajstić information content (AvgIpc) is 1.97. The van der Waals surface area contributed by atoms with Crippen LogP contribution in [0.5, 0.6) is 0 Å². The molecule has 0 aliphatic rings. The molecule has 0 aliphatic carbocycles. The number of rotatable bonds is 2. The third-order valence-electron chi connectivity index (χ3n) is 1.70. The van der Waals surface area contributed by atoms with Gasteiger partial charge in [-0.25, -0.2) is 0 Å². The summed E-state index contributed by atoms with van der Waals surface area (Å²) >= 11 is 0. The monoisotopic (exact) mass is 292 g/mol. The van der Waals surface area contributed by atoms with Crippen molar-refractivity contribution < 1.29 is 25.9 Å². The minimum absolute atomic E-state index is 0. The summed E-state index contributed by atoms with van der Waals surface area (Å²) < 4.78 is 60.7. The van der Waals surface area contributed by atoms with Gasteiger partial charge in [0.15, 0.2) is 0 Å². The van der Waals surface area contributed by atoms with E-state index in [0.29, 0.717) is 6.07 Å². The van der Waals surface area contributed by atoms with E-state index in [-0.39, 0.29) is 29.6 Å². The minimum atomic E-state index is -4.69. The molecule has 0 radical (unpaired) electrons. The quantitative estimate of drug-likeness (QED) is 0.297. The Bertz CT molecular complexity index is 585. The summed E-state index contributed by atoms with van der Waals surface area (Å²) in [6.45, 7) is 0. The van der Waals surface area contributed by atoms with Crippen LogP contribution >= 0.6 is 0 Å². The van der Waals surface area contributed by atoms with E-state index in [0.717, 1.165) is 6.07 Å². The molecule has 0 aromatic heterocycles. The zero-order valence-corrected chi connectivity index (χ0v) is 9.29. The number of anilines is 2. The van der Waals surface area contributed by atoms with Crippen molar-refractivity contribution in [2.75, 3.05) is 11.5 Å². The molecule has 92 valence electrons. The maximum atomic E-state index is 10.8. The average molecular weight is 292 g/mol. The van der Waals surface area contributed by atoms with E-state index >= 15 is 0 Å². The van der Waals surface area contributed by atoms with E-state index in [1.165, 1.54) is 0 Å². The van der Waals surface area contributed by atoms with Crippen molar-refractivity contribution in [3.05, 3.63) is 12.1 Å². The summed E-state index contributed by atoms with van der Waals surface area (Å²) in [4.78, 5) is -1.68. The molecule has 0 heterocycles. The number of hydrogen-bond donors (Lipinski definition) is 4. The first-order chi connectivity index (χ1) is 7.03. The zero-order chi connectivity index (χ0) is 12.7. The van der Waals surface area contributed by atoms with Crippen LogP contribution in [-0.2, 0) is 20.2 Å². The second kappa shape index (κ2) is 5.10. The van der Waals surface area contributed by atoms with Crippen LogP contribution in [0.25, 0.3) is 0 Å². The van der Waals surface area contributed by atoms with E-state index < -0.39 is 41.4 Å². The first-order valence-corrected chi connectivity index (χ1v) is 6.55. The van der Waals surface area contributed by atoms with Crippen molar-refractivity contribution in [2.45, 2.75) is 9.79 Å². The predicted molar refractivity (Wildman–Crippen MR) is 62.0 cm³/mol. The van der Waals surface area contributed by atoms with Crippen LogP contribution in [0.3, 0.4) is 0 Å². The molecule has 0 bridgehead atoms. The molecular weight excluding hydrogens is 283 g/mol. The van der Waals surface area contributed by atoms with Crippen LogP contribution in [-0.4, -0.2) is 55.5 Å². The van der Waals surface area contributed by atoms with Gasteiger partial charge in [0, 0.05) is 0 Å². The Kier molecular flexibility index (Phi) is 4.99. The molecule has 0 spiro atoms. The van der Waals surface area contributed by atoms with Crippen LogP contribution in [0.2, 0.25) is 0 Å².